The fourth-order valence-corrected chi connectivity index (χ4v) is 2.23. The van der Waals surface area contributed by atoms with Crippen molar-refractivity contribution in [2.75, 3.05) is 5.32 Å². The van der Waals surface area contributed by atoms with Crippen LogP contribution in [0.5, 0.6) is 0 Å². The lowest BCUT2D eigenvalue weighted by Gasteiger charge is -2.07. The van der Waals surface area contributed by atoms with E-state index in [2.05, 4.69) is 4.98 Å². The molecule has 11 heteroatoms. The topological polar surface area (TPSA) is 85.1 Å². The minimum atomic E-state index is -4.80. The van der Waals surface area contributed by atoms with E-state index in [4.69, 9.17) is 0 Å². The quantitative estimate of drug-likeness (QED) is 0.529. The molecule has 116 valence electrons. The molecule has 22 heavy (non-hydrogen) atoms. The van der Waals surface area contributed by atoms with Crippen molar-refractivity contribution >= 4 is 28.6 Å². The molecule has 0 aliphatic rings. The van der Waals surface area contributed by atoms with Crippen LogP contribution in [0.4, 0.5) is 28.9 Å². The van der Waals surface area contributed by atoms with Crippen LogP contribution < -0.4 is 5.32 Å². The molecule has 1 heterocycles. The number of nitrogens with one attached hydrogen (secondary N) is 1. The fourth-order valence-electron chi connectivity index (χ4n) is 1.53. The summed E-state index contributed by atoms with van der Waals surface area (Å²) < 4.78 is 51.2. The van der Waals surface area contributed by atoms with E-state index in [9.17, 15) is 32.5 Å². The number of hydrogen-bond donors (Lipinski definition) is 1. The van der Waals surface area contributed by atoms with Crippen LogP contribution in [0, 0.1) is 15.9 Å². The van der Waals surface area contributed by atoms with Crippen molar-refractivity contribution in [1.82, 2.24) is 4.98 Å². The molecule has 0 bridgehead atoms. The molecule has 0 aliphatic carbocycles. The average Bonchev–Trinajstić information content (AvgIpc) is 2.87. The van der Waals surface area contributed by atoms with Gasteiger partial charge in [0.2, 0.25) is 5.82 Å². The summed E-state index contributed by atoms with van der Waals surface area (Å²) in [5.41, 5.74) is -1.52. The predicted molar refractivity (Wildman–Crippen MR) is 68.1 cm³/mol. The lowest BCUT2D eigenvalue weighted by atomic mass is 10.2. The van der Waals surface area contributed by atoms with Gasteiger partial charge in [-0.3, -0.25) is 14.9 Å². The minimum absolute atomic E-state index is 0.213. The molecule has 0 atom stereocenters. The summed E-state index contributed by atoms with van der Waals surface area (Å²) in [6.07, 6.45) is -4.80. The molecule has 1 amide bonds. The monoisotopic (exact) mass is 335 g/mol. The maximum absolute atomic E-state index is 13.4. The molecule has 1 aromatic carbocycles. The number of nitrogens with zero attached hydrogens (tertiary/aromatic N) is 2. The number of thiazole rings is 1. The molecule has 0 fully saturated rings. The van der Waals surface area contributed by atoms with E-state index < -0.39 is 39.1 Å². The molecule has 1 aromatic heterocycles. The standard InChI is InChI=1S/C11H5F4N3O3S/c12-6-3-5(1-2-7(6)18(20)21)17-10(19)8-9(11(13,14)15)16-4-22-8/h1-4H,(H,17,19). The summed E-state index contributed by atoms with van der Waals surface area (Å²) in [6, 6.07) is 2.44. The van der Waals surface area contributed by atoms with E-state index in [0.29, 0.717) is 17.4 Å². The van der Waals surface area contributed by atoms with E-state index >= 15 is 0 Å². The zero-order chi connectivity index (χ0) is 16.5. The Balaban J connectivity index is 2.25. The Morgan fingerprint density at radius 3 is 2.59 bits per heavy atom. The Kier molecular flexibility index (Phi) is 4.08. The molecule has 0 spiro atoms. The van der Waals surface area contributed by atoms with Crippen molar-refractivity contribution in [3.05, 3.63) is 50.2 Å². The molecule has 6 nitrogen and oxygen atoms in total. The molecule has 0 saturated heterocycles. The summed E-state index contributed by atoms with van der Waals surface area (Å²) in [4.78, 5) is 23.6. The van der Waals surface area contributed by atoms with Crippen molar-refractivity contribution < 1.29 is 27.3 Å². The Morgan fingerprint density at radius 2 is 2.05 bits per heavy atom. The Bertz CT molecular complexity index is 744. The number of aromatic nitrogens is 1. The highest BCUT2D eigenvalue weighted by Gasteiger charge is 2.38. The summed E-state index contributed by atoms with van der Waals surface area (Å²) in [6.45, 7) is 0. The third-order valence-corrected chi connectivity index (χ3v) is 3.27. The smallest absolute Gasteiger partial charge is 0.321 e. The van der Waals surface area contributed by atoms with Gasteiger partial charge in [0.05, 0.1) is 10.4 Å². The lowest BCUT2D eigenvalue weighted by Crippen LogP contribution is -2.17. The van der Waals surface area contributed by atoms with E-state index in [1.165, 1.54) is 0 Å². The first-order valence-corrected chi connectivity index (χ1v) is 6.34. The van der Waals surface area contributed by atoms with Crippen LogP contribution in [0.3, 0.4) is 0 Å². The SMILES string of the molecule is O=C(Nc1ccc([N+](=O)[O-])c(F)c1)c1scnc1C(F)(F)F. The van der Waals surface area contributed by atoms with Crippen molar-refractivity contribution in [2.45, 2.75) is 6.18 Å². The van der Waals surface area contributed by atoms with Crippen molar-refractivity contribution in [3.63, 3.8) is 0 Å². The van der Waals surface area contributed by atoms with Crippen LogP contribution in [-0.2, 0) is 6.18 Å². The second-order valence-corrected chi connectivity index (χ2v) is 4.76. The Morgan fingerprint density at radius 1 is 1.36 bits per heavy atom. The molecule has 0 saturated carbocycles. The summed E-state index contributed by atoms with van der Waals surface area (Å²) in [5, 5.41) is 12.5. The first-order valence-electron chi connectivity index (χ1n) is 5.46. The molecule has 2 aromatic rings. The van der Waals surface area contributed by atoms with Gasteiger partial charge >= 0.3 is 11.9 Å². The number of rotatable bonds is 3. The van der Waals surface area contributed by atoms with E-state index in [-0.39, 0.29) is 5.69 Å². The second kappa shape index (κ2) is 5.67. The number of alkyl halides is 3. The molecule has 2 rings (SSSR count). The predicted octanol–water partition coefficient (Wildman–Crippen LogP) is 3.46. The van der Waals surface area contributed by atoms with Gasteiger partial charge in [-0.1, -0.05) is 0 Å². The molecule has 0 radical (unpaired) electrons. The third-order valence-electron chi connectivity index (χ3n) is 2.44. The summed E-state index contributed by atoms with van der Waals surface area (Å²) >= 11 is 0.471. The highest BCUT2D eigenvalue weighted by molar-refractivity contribution is 7.12. The number of hydrogen-bond acceptors (Lipinski definition) is 5. The number of halogens is 4. The van der Waals surface area contributed by atoms with E-state index in [1.807, 2.05) is 5.32 Å². The van der Waals surface area contributed by atoms with Gasteiger partial charge in [0.15, 0.2) is 5.69 Å². The zero-order valence-electron chi connectivity index (χ0n) is 10.3. The number of anilines is 1. The van der Waals surface area contributed by atoms with Crippen LogP contribution >= 0.6 is 11.3 Å². The Hall–Kier alpha value is -2.56. The lowest BCUT2D eigenvalue weighted by molar-refractivity contribution is -0.387. The van der Waals surface area contributed by atoms with Gasteiger partial charge in [0.1, 0.15) is 4.88 Å². The molecular weight excluding hydrogens is 330 g/mol. The third kappa shape index (κ3) is 3.19. The zero-order valence-corrected chi connectivity index (χ0v) is 11.2. The van der Waals surface area contributed by atoms with Crippen LogP contribution in [-0.4, -0.2) is 15.8 Å². The van der Waals surface area contributed by atoms with Crippen molar-refractivity contribution in [1.29, 1.82) is 0 Å². The van der Waals surface area contributed by atoms with Gasteiger partial charge in [0, 0.05) is 17.8 Å². The van der Waals surface area contributed by atoms with Gasteiger partial charge in [-0.2, -0.15) is 17.6 Å². The van der Waals surface area contributed by atoms with Crippen LogP contribution in [0.2, 0.25) is 0 Å². The largest absolute Gasteiger partial charge is 0.434 e. The van der Waals surface area contributed by atoms with Gasteiger partial charge < -0.3 is 5.32 Å². The van der Waals surface area contributed by atoms with Gasteiger partial charge in [-0.25, -0.2) is 4.98 Å². The Labute approximate surface area is 123 Å². The first kappa shape index (κ1) is 15.8. The maximum atomic E-state index is 13.4. The van der Waals surface area contributed by atoms with Gasteiger partial charge in [-0.15, -0.1) is 11.3 Å². The van der Waals surface area contributed by atoms with Gasteiger partial charge in [0.25, 0.3) is 5.91 Å². The van der Waals surface area contributed by atoms with Crippen molar-refractivity contribution in [2.24, 2.45) is 0 Å². The molecular formula is C11H5F4N3O3S. The van der Waals surface area contributed by atoms with E-state index in [0.717, 1.165) is 17.6 Å². The average molecular weight is 335 g/mol. The summed E-state index contributed by atoms with van der Waals surface area (Å²) in [5.74, 6) is -2.36. The second-order valence-electron chi connectivity index (χ2n) is 3.91. The first-order chi connectivity index (χ1) is 10.2. The molecule has 0 aliphatic heterocycles. The maximum Gasteiger partial charge on any atom is 0.434 e. The van der Waals surface area contributed by atoms with Crippen molar-refractivity contribution in [3.8, 4) is 0 Å². The van der Waals surface area contributed by atoms with Gasteiger partial charge in [-0.05, 0) is 6.07 Å². The highest BCUT2D eigenvalue weighted by atomic mass is 32.1. The highest BCUT2D eigenvalue weighted by Crippen LogP contribution is 2.33. The number of benzene rings is 1. The molecule has 0 unspecified atom stereocenters. The molecule has 1 N–H and O–H groups in total. The number of nitro benzene ring substituents is 1. The van der Waals surface area contributed by atoms with Crippen LogP contribution in [0.25, 0.3) is 0 Å². The number of carbonyl (C=O) groups is 1. The number of nitro groups is 1. The normalized spacial score (nSPS) is 11.3. The summed E-state index contributed by atoms with van der Waals surface area (Å²) in [7, 11) is 0. The van der Waals surface area contributed by atoms with Crippen LogP contribution in [0.15, 0.2) is 23.7 Å². The fraction of sp³-hybridized carbons (Fsp3) is 0.0909. The number of amides is 1. The number of carbonyl (C=O) groups excluding carboxylic acids is 1. The minimum Gasteiger partial charge on any atom is -0.321 e. The van der Waals surface area contributed by atoms with E-state index in [1.54, 1.807) is 0 Å². The van der Waals surface area contributed by atoms with Crippen LogP contribution in [0.1, 0.15) is 15.4 Å².